The van der Waals surface area contributed by atoms with E-state index in [1.54, 1.807) is 0 Å². The summed E-state index contributed by atoms with van der Waals surface area (Å²) >= 11 is 0. The highest BCUT2D eigenvalue weighted by Gasteiger charge is 2.27. The zero-order chi connectivity index (χ0) is 18.8. The number of likely N-dealkylation sites (tertiary alicyclic amines) is 1. The van der Waals surface area contributed by atoms with Crippen molar-refractivity contribution >= 4 is 30.1 Å². The van der Waals surface area contributed by atoms with Crippen LogP contribution in [0.4, 0.5) is 0 Å². The van der Waals surface area contributed by atoms with E-state index in [2.05, 4.69) is 10.6 Å². The van der Waals surface area contributed by atoms with E-state index < -0.39 is 0 Å². The van der Waals surface area contributed by atoms with Gasteiger partial charge in [-0.05, 0) is 31.6 Å². The average Bonchev–Trinajstić information content (AvgIpc) is 3.17. The molecule has 4 N–H and O–H groups in total. The molecule has 1 unspecified atom stereocenters. The van der Waals surface area contributed by atoms with Crippen LogP contribution in [0.5, 0.6) is 0 Å². The van der Waals surface area contributed by atoms with Crippen LogP contribution in [-0.2, 0) is 14.4 Å². The largest absolute Gasteiger partial charge is 0.354 e. The molecule has 1 aliphatic heterocycles. The highest BCUT2D eigenvalue weighted by Crippen LogP contribution is 2.28. The smallest absolute Gasteiger partial charge is 0.242 e. The second kappa shape index (κ2) is 12.9. The summed E-state index contributed by atoms with van der Waals surface area (Å²) in [6.07, 6.45) is 9.67. The summed E-state index contributed by atoms with van der Waals surface area (Å²) in [5.41, 5.74) is 5.38. The lowest BCUT2D eigenvalue weighted by molar-refractivity contribution is -0.136. The standard InChI is InChI=1S/C19H34N4O3.ClH/c20-11-10-18(25)21-13-16-7-3-4-12-23(16)19(26)14-22-17(24)9-8-15-5-1-2-6-15;/h15-16H,1-14,20H2,(H,21,25)(H,22,24);1H. The van der Waals surface area contributed by atoms with Crippen LogP contribution in [-0.4, -0.2) is 54.8 Å². The Hall–Kier alpha value is -1.34. The van der Waals surface area contributed by atoms with Crippen molar-refractivity contribution in [3.8, 4) is 0 Å². The predicted molar refractivity (Wildman–Crippen MR) is 107 cm³/mol. The average molecular weight is 403 g/mol. The second-order valence-electron chi connectivity index (χ2n) is 7.55. The maximum absolute atomic E-state index is 12.5. The Kier molecular flexibility index (Phi) is 11.4. The van der Waals surface area contributed by atoms with Gasteiger partial charge < -0.3 is 21.3 Å². The zero-order valence-electron chi connectivity index (χ0n) is 16.2. The molecule has 0 spiro atoms. The fourth-order valence-electron chi connectivity index (χ4n) is 3.99. The number of halogens is 1. The minimum absolute atomic E-state index is 0. The van der Waals surface area contributed by atoms with E-state index in [9.17, 15) is 14.4 Å². The molecule has 1 heterocycles. The fourth-order valence-corrected chi connectivity index (χ4v) is 3.99. The molecule has 8 heteroatoms. The number of carbonyl (C=O) groups is 3. The van der Waals surface area contributed by atoms with Gasteiger partial charge in [-0.2, -0.15) is 0 Å². The van der Waals surface area contributed by atoms with Gasteiger partial charge >= 0.3 is 0 Å². The summed E-state index contributed by atoms with van der Waals surface area (Å²) in [7, 11) is 0. The summed E-state index contributed by atoms with van der Waals surface area (Å²) in [6.45, 7) is 1.52. The summed E-state index contributed by atoms with van der Waals surface area (Å²) in [6, 6.07) is 0.00775. The van der Waals surface area contributed by atoms with Crippen LogP contribution in [0.3, 0.4) is 0 Å². The summed E-state index contributed by atoms with van der Waals surface area (Å²) in [5, 5.41) is 5.63. The molecule has 1 aliphatic carbocycles. The van der Waals surface area contributed by atoms with Crippen molar-refractivity contribution in [3.05, 3.63) is 0 Å². The molecular formula is C19H35ClN4O3. The third-order valence-corrected chi connectivity index (χ3v) is 5.54. The van der Waals surface area contributed by atoms with Gasteiger partial charge in [0, 0.05) is 38.5 Å². The lowest BCUT2D eigenvalue weighted by atomic mass is 10.0. The lowest BCUT2D eigenvalue weighted by Crippen LogP contribution is -2.52. The van der Waals surface area contributed by atoms with E-state index in [4.69, 9.17) is 5.73 Å². The number of carbonyl (C=O) groups excluding carboxylic acids is 3. The third-order valence-electron chi connectivity index (χ3n) is 5.54. The molecule has 7 nitrogen and oxygen atoms in total. The first-order valence-electron chi connectivity index (χ1n) is 10.1. The SMILES string of the molecule is Cl.NCCC(=O)NCC1CCCCN1C(=O)CNC(=O)CCC1CCCC1. The van der Waals surface area contributed by atoms with Crippen molar-refractivity contribution < 1.29 is 14.4 Å². The molecular weight excluding hydrogens is 368 g/mol. The van der Waals surface area contributed by atoms with Gasteiger partial charge in [0.15, 0.2) is 0 Å². The van der Waals surface area contributed by atoms with Gasteiger partial charge in [0.05, 0.1) is 6.54 Å². The Morgan fingerprint density at radius 2 is 1.59 bits per heavy atom. The first-order valence-corrected chi connectivity index (χ1v) is 10.1. The third kappa shape index (κ3) is 8.47. The summed E-state index contributed by atoms with van der Waals surface area (Å²) < 4.78 is 0. The van der Waals surface area contributed by atoms with E-state index in [0.717, 1.165) is 25.7 Å². The van der Waals surface area contributed by atoms with Crippen molar-refractivity contribution in [2.24, 2.45) is 11.7 Å². The molecule has 1 atom stereocenters. The molecule has 0 aromatic carbocycles. The highest BCUT2D eigenvalue weighted by molar-refractivity contribution is 5.85. The van der Waals surface area contributed by atoms with Crippen LogP contribution in [0.25, 0.3) is 0 Å². The Labute approximate surface area is 168 Å². The number of hydrogen-bond acceptors (Lipinski definition) is 4. The van der Waals surface area contributed by atoms with Crippen molar-refractivity contribution in [2.45, 2.75) is 70.3 Å². The molecule has 0 radical (unpaired) electrons. The number of amides is 3. The van der Waals surface area contributed by atoms with Crippen molar-refractivity contribution in [1.82, 2.24) is 15.5 Å². The van der Waals surface area contributed by atoms with Crippen LogP contribution in [0.2, 0.25) is 0 Å². The second-order valence-corrected chi connectivity index (χ2v) is 7.55. The topological polar surface area (TPSA) is 105 Å². The van der Waals surface area contributed by atoms with Crippen molar-refractivity contribution in [3.63, 3.8) is 0 Å². The maximum Gasteiger partial charge on any atom is 0.242 e. The maximum atomic E-state index is 12.5. The quantitative estimate of drug-likeness (QED) is 0.541. The molecule has 2 aliphatic rings. The number of nitrogens with one attached hydrogen (secondary N) is 2. The first-order chi connectivity index (χ1) is 12.6. The zero-order valence-corrected chi connectivity index (χ0v) is 17.0. The number of nitrogens with two attached hydrogens (primary N) is 1. The monoisotopic (exact) mass is 402 g/mol. The van der Waals surface area contributed by atoms with Crippen LogP contribution < -0.4 is 16.4 Å². The van der Waals surface area contributed by atoms with Gasteiger partial charge in [0.1, 0.15) is 0 Å². The van der Waals surface area contributed by atoms with Gasteiger partial charge in [0.25, 0.3) is 0 Å². The molecule has 3 amide bonds. The highest BCUT2D eigenvalue weighted by atomic mass is 35.5. The number of piperidine rings is 1. The summed E-state index contributed by atoms with van der Waals surface area (Å²) in [5.74, 6) is 0.512. The number of rotatable bonds is 9. The first kappa shape index (κ1) is 23.7. The molecule has 0 bridgehead atoms. The number of nitrogens with zero attached hydrogens (tertiary/aromatic N) is 1. The Bertz CT molecular complexity index is 484. The van der Waals surface area contributed by atoms with Gasteiger partial charge in [-0.1, -0.05) is 25.7 Å². The fraction of sp³-hybridized carbons (Fsp3) is 0.842. The van der Waals surface area contributed by atoms with Crippen LogP contribution in [0.1, 0.15) is 64.2 Å². The van der Waals surface area contributed by atoms with Crippen LogP contribution in [0.15, 0.2) is 0 Å². The van der Waals surface area contributed by atoms with Gasteiger partial charge in [-0.15, -0.1) is 12.4 Å². The van der Waals surface area contributed by atoms with Crippen LogP contribution >= 0.6 is 12.4 Å². The van der Waals surface area contributed by atoms with Crippen molar-refractivity contribution in [2.75, 3.05) is 26.2 Å². The Balaban J connectivity index is 0.00000364. The molecule has 0 aromatic rings. The van der Waals surface area contributed by atoms with Crippen LogP contribution in [0, 0.1) is 5.92 Å². The van der Waals surface area contributed by atoms with Crippen molar-refractivity contribution in [1.29, 1.82) is 0 Å². The molecule has 2 fully saturated rings. The van der Waals surface area contributed by atoms with E-state index in [-0.39, 0.29) is 42.7 Å². The van der Waals surface area contributed by atoms with Gasteiger partial charge in [-0.25, -0.2) is 0 Å². The lowest BCUT2D eigenvalue weighted by Gasteiger charge is -2.36. The Morgan fingerprint density at radius 1 is 0.926 bits per heavy atom. The summed E-state index contributed by atoms with van der Waals surface area (Å²) in [4.78, 5) is 37.9. The van der Waals surface area contributed by atoms with Gasteiger partial charge in [-0.3, -0.25) is 14.4 Å². The number of hydrogen-bond donors (Lipinski definition) is 3. The minimum atomic E-state index is -0.0781. The molecule has 0 aromatic heterocycles. The molecule has 1 saturated carbocycles. The Morgan fingerprint density at radius 3 is 2.30 bits per heavy atom. The molecule has 1 saturated heterocycles. The normalized spacial score (nSPS) is 20.0. The minimum Gasteiger partial charge on any atom is -0.354 e. The molecule has 2 rings (SSSR count). The molecule has 27 heavy (non-hydrogen) atoms. The van der Waals surface area contributed by atoms with E-state index in [0.29, 0.717) is 38.4 Å². The van der Waals surface area contributed by atoms with E-state index in [1.807, 2.05) is 4.90 Å². The van der Waals surface area contributed by atoms with E-state index in [1.165, 1.54) is 25.7 Å². The predicted octanol–water partition coefficient (Wildman–Crippen LogP) is 1.34. The van der Waals surface area contributed by atoms with Gasteiger partial charge in [0.2, 0.25) is 17.7 Å². The van der Waals surface area contributed by atoms with E-state index >= 15 is 0 Å². The molecule has 156 valence electrons.